The zero-order chi connectivity index (χ0) is 30.2. The summed E-state index contributed by atoms with van der Waals surface area (Å²) in [7, 11) is 2.97. The van der Waals surface area contributed by atoms with Gasteiger partial charge in [-0.1, -0.05) is 17.3 Å². The second-order valence-electron chi connectivity index (χ2n) is 10.3. The summed E-state index contributed by atoms with van der Waals surface area (Å²) in [4.78, 5) is 42.0. The minimum atomic E-state index is -1.16. The molecule has 0 aliphatic rings. The van der Waals surface area contributed by atoms with Gasteiger partial charge in [-0.2, -0.15) is 0 Å². The summed E-state index contributed by atoms with van der Waals surface area (Å²) in [5, 5.41) is 9.37. The summed E-state index contributed by atoms with van der Waals surface area (Å²) >= 11 is 0. The first-order valence-corrected chi connectivity index (χ1v) is 13.3. The zero-order valence-corrected chi connectivity index (χ0v) is 24.6. The van der Waals surface area contributed by atoms with Crippen LogP contribution in [-0.2, 0) is 14.4 Å². The molecule has 0 saturated carbocycles. The van der Waals surface area contributed by atoms with Gasteiger partial charge in [-0.05, 0) is 65.0 Å². The first kappa shape index (κ1) is 31.0. The fraction of sp³-hybridized carbons (Fsp3) is 0.400. The predicted molar refractivity (Wildman–Crippen MR) is 154 cm³/mol. The van der Waals surface area contributed by atoms with Crippen LogP contribution in [0.1, 0.15) is 57.9 Å². The molecule has 220 valence electrons. The van der Waals surface area contributed by atoms with Crippen molar-refractivity contribution >= 4 is 29.2 Å². The van der Waals surface area contributed by atoms with Gasteiger partial charge in [0.25, 0.3) is 0 Å². The fourth-order valence-corrected chi connectivity index (χ4v) is 4.24. The lowest BCUT2D eigenvalue weighted by Crippen LogP contribution is -2.49. The number of anilines is 2. The minimum Gasteiger partial charge on any atom is -0.494 e. The van der Waals surface area contributed by atoms with E-state index in [9.17, 15) is 14.4 Å². The highest BCUT2D eigenvalue weighted by atomic mass is 16.5. The van der Waals surface area contributed by atoms with Gasteiger partial charge in [0.15, 0.2) is 17.3 Å². The Hall–Kier alpha value is -4.54. The van der Waals surface area contributed by atoms with E-state index in [4.69, 9.17) is 18.7 Å². The molecule has 0 unspecified atom stereocenters. The molecule has 3 amide bonds. The summed E-state index contributed by atoms with van der Waals surface area (Å²) in [6.07, 6.45) is -0.345. The molecule has 1 atom stereocenters. The highest BCUT2D eigenvalue weighted by molar-refractivity contribution is 6.03. The van der Waals surface area contributed by atoms with Crippen molar-refractivity contribution in [2.45, 2.75) is 59.0 Å². The maximum Gasteiger partial charge on any atom is 0.248 e. The van der Waals surface area contributed by atoms with Crippen molar-refractivity contribution < 1.29 is 33.1 Å². The maximum atomic E-state index is 14.0. The van der Waals surface area contributed by atoms with Crippen molar-refractivity contribution in [1.29, 1.82) is 0 Å². The SMILES string of the molecule is CCOc1ccc(N(C(=O)CCC(=O)Nc2cc(C)on2)[C@H](C(=O)NC(C)(C)C)c2cccc(OC)c2OC)cc1. The normalized spacial score (nSPS) is 11.8. The summed E-state index contributed by atoms with van der Waals surface area (Å²) in [6, 6.07) is 12.4. The lowest BCUT2D eigenvalue weighted by atomic mass is 9.98. The standard InChI is InChI=1S/C30H38N4O7/c1-8-40-21-14-12-20(13-15-21)34(26(36)17-16-25(35)31-24-18-19(2)41-33-24)27(29(37)32-30(3,4)5)22-10-9-11-23(38-6)28(22)39-7/h9-15,18,27H,8,16-17H2,1-7H3,(H,32,37)(H,31,33,35)/t27-/m0/s1. The van der Waals surface area contributed by atoms with Crippen LogP contribution in [0.5, 0.6) is 17.2 Å². The van der Waals surface area contributed by atoms with Gasteiger partial charge in [-0.3, -0.25) is 19.3 Å². The van der Waals surface area contributed by atoms with Crippen LogP contribution >= 0.6 is 0 Å². The first-order valence-electron chi connectivity index (χ1n) is 13.3. The number of hydrogen-bond donors (Lipinski definition) is 2. The summed E-state index contributed by atoms with van der Waals surface area (Å²) < 4.78 is 21.7. The Labute approximate surface area is 240 Å². The molecule has 0 aliphatic carbocycles. The molecule has 2 aromatic carbocycles. The number of nitrogens with zero attached hydrogens (tertiary/aromatic N) is 2. The van der Waals surface area contributed by atoms with Crippen molar-refractivity contribution in [3.8, 4) is 17.2 Å². The highest BCUT2D eigenvalue weighted by Crippen LogP contribution is 2.40. The first-order chi connectivity index (χ1) is 19.5. The smallest absolute Gasteiger partial charge is 0.248 e. The van der Waals surface area contributed by atoms with Crippen molar-refractivity contribution in [2.75, 3.05) is 31.0 Å². The number of aromatic nitrogens is 1. The van der Waals surface area contributed by atoms with E-state index in [1.54, 1.807) is 55.5 Å². The lowest BCUT2D eigenvalue weighted by Gasteiger charge is -2.34. The van der Waals surface area contributed by atoms with Crippen LogP contribution in [0.15, 0.2) is 53.1 Å². The van der Waals surface area contributed by atoms with E-state index in [1.165, 1.54) is 19.1 Å². The van der Waals surface area contributed by atoms with Gasteiger partial charge < -0.3 is 29.4 Å². The van der Waals surface area contributed by atoms with E-state index in [-0.39, 0.29) is 18.7 Å². The van der Waals surface area contributed by atoms with E-state index in [1.807, 2.05) is 27.7 Å². The number of carbonyl (C=O) groups excluding carboxylic acids is 3. The third-order valence-electron chi connectivity index (χ3n) is 5.89. The fourth-order valence-electron chi connectivity index (χ4n) is 4.24. The Morgan fingerprint density at radius 3 is 2.29 bits per heavy atom. The van der Waals surface area contributed by atoms with Crippen LogP contribution in [0, 0.1) is 6.92 Å². The van der Waals surface area contributed by atoms with Crippen molar-refractivity contribution in [2.24, 2.45) is 0 Å². The number of carbonyl (C=O) groups is 3. The van der Waals surface area contributed by atoms with Gasteiger partial charge >= 0.3 is 0 Å². The summed E-state index contributed by atoms with van der Waals surface area (Å²) in [5.74, 6) is 0.804. The van der Waals surface area contributed by atoms with E-state index in [0.717, 1.165) is 0 Å². The van der Waals surface area contributed by atoms with Crippen LogP contribution in [0.2, 0.25) is 0 Å². The topological polar surface area (TPSA) is 132 Å². The van der Waals surface area contributed by atoms with E-state index < -0.39 is 29.3 Å². The number of para-hydroxylation sites is 1. The second-order valence-corrected chi connectivity index (χ2v) is 10.3. The Bertz CT molecular complexity index is 1350. The molecule has 0 bridgehead atoms. The Kier molecular flexibility index (Phi) is 10.3. The number of nitrogens with one attached hydrogen (secondary N) is 2. The average Bonchev–Trinajstić information content (AvgIpc) is 3.33. The number of ether oxygens (including phenoxy) is 3. The number of hydrogen-bond acceptors (Lipinski definition) is 8. The zero-order valence-electron chi connectivity index (χ0n) is 24.6. The van der Waals surface area contributed by atoms with Crippen LogP contribution in [0.3, 0.4) is 0 Å². The van der Waals surface area contributed by atoms with Gasteiger partial charge in [-0.15, -0.1) is 0 Å². The molecule has 0 spiro atoms. The molecule has 0 aliphatic heterocycles. The Morgan fingerprint density at radius 1 is 1.02 bits per heavy atom. The van der Waals surface area contributed by atoms with Gasteiger partial charge in [0.05, 0.1) is 20.8 Å². The third kappa shape index (κ3) is 8.23. The van der Waals surface area contributed by atoms with E-state index in [2.05, 4.69) is 15.8 Å². The van der Waals surface area contributed by atoms with Crippen molar-refractivity contribution in [3.63, 3.8) is 0 Å². The molecule has 0 saturated heterocycles. The van der Waals surface area contributed by atoms with Gasteiger partial charge in [0.1, 0.15) is 17.6 Å². The van der Waals surface area contributed by atoms with Crippen LogP contribution in [0.4, 0.5) is 11.5 Å². The predicted octanol–water partition coefficient (Wildman–Crippen LogP) is 4.81. The molecular formula is C30H38N4O7. The van der Waals surface area contributed by atoms with E-state index in [0.29, 0.717) is 40.9 Å². The monoisotopic (exact) mass is 566 g/mol. The van der Waals surface area contributed by atoms with Gasteiger partial charge in [-0.25, -0.2) is 0 Å². The largest absolute Gasteiger partial charge is 0.494 e. The number of methoxy groups -OCH3 is 2. The van der Waals surface area contributed by atoms with E-state index >= 15 is 0 Å². The molecule has 11 heteroatoms. The van der Waals surface area contributed by atoms with Crippen molar-refractivity contribution in [3.05, 3.63) is 59.9 Å². The molecule has 11 nitrogen and oxygen atoms in total. The highest BCUT2D eigenvalue weighted by Gasteiger charge is 2.37. The number of amides is 3. The van der Waals surface area contributed by atoms with Gasteiger partial charge in [0.2, 0.25) is 17.7 Å². The Balaban J connectivity index is 2.07. The summed E-state index contributed by atoms with van der Waals surface area (Å²) in [5.41, 5.74) is 0.244. The van der Waals surface area contributed by atoms with Gasteiger partial charge in [0, 0.05) is 35.7 Å². The Morgan fingerprint density at radius 2 is 1.73 bits per heavy atom. The third-order valence-corrected chi connectivity index (χ3v) is 5.89. The number of rotatable bonds is 12. The molecule has 3 rings (SSSR count). The van der Waals surface area contributed by atoms with Crippen LogP contribution in [-0.4, -0.2) is 49.2 Å². The molecule has 0 fully saturated rings. The molecular weight excluding hydrogens is 528 g/mol. The maximum absolute atomic E-state index is 14.0. The summed E-state index contributed by atoms with van der Waals surface area (Å²) in [6.45, 7) is 9.60. The molecule has 2 N–H and O–H groups in total. The van der Waals surface area contributed by atoms with Crippen LogP contribution < -0.4 is 29.7 Å². The van der Waals surface area contributed by atoms with Crippen molar-refractivity contribution in [1.82, 2.24) is 10.5 Å². The van der Waals surface area contributed by atoms with Crippen LogP contribution in [0.25, 0.3) is 0 Å². The number of aryl methyl sites for hydroxylation is 1. The second kappa shape index (κ2) is 13.7. The average molecular weight is 567 g/mol. The molecule has 1 heterocycles. The minimum absolute atomic E-state index is 0.152. The lowest BCUT2D eigenvalue weighted by molar-refractivity contribution is -0.128. The molecule has 1 aromatic heterocycles. The molecule has 3 aromatic rings. The number of benzene rings is 2. The quantitative estimate of drug-likeness (QED) is 0.319. The molecule has 41 heavy (non-hydrogen) atoms. The molecule has 0 radical (unpaired) electrons.